The maximum Gasteiger partial charge on any atom is 0.251 e. The highest BCUT2D eigenvalue weighted by Gasteiger charge is 2.21. The van der Waals surface area contributed by atoms with Crippen molar-refractivity contribution in [2.75, 3.05) is 46.4 Å². The van der Waals surface area contributed by atoms with Crippen LogP contribution in [0.3, 0.4) is 0 Å². The predicted molar refractivity (Wildman–Crippen MR) is 121 cm³/mol. The standard InChI is InChI=1S/C20H32N4O2.HI/c1-4-21-20(24(3)12-13-26-15-17-8-9-17)23-11-10-22-19(25)18-7-5-6-16(2)14-18;/h5-7,14,17H,4,8-13,15H2,1-3H3,(H,21,23)(H,22,25);1H. The average molecular weight is 488 g/mol. The molecule has 2 N–H and O–H groups in total. The molecule has 7 heteroatoms. The minimum absolute atomic E-state index is 0. The first-order chi connectivity index (χ1) is 12.6. The van der Waals surface area contributed by atoms with Crippen LogP contribution in [0.15, 0.2) is 29.3 Å². The molecule has 0 heterocycles. The zero-order chi connectivity index (χ0) is 18.8. The fourth-order valence-corrected chi connectivity index (χ4v) is 2.53. The molecule has 6 nitrogen and oxygen atoms in total. The van der Waals surface area contributed by atoms with Gasteiger partial charge in [0.05, 0.1) is 13.2 Å². The van der Waals surface area contributed by atoms with Crippen molar-refractivity contribution in [3.05, 3.63) is 35.4 Å². The molecule has 0 radical (unpaired) electrons. The number of guanidine groups is 1. The monoisotopic (exact) mass is 488 g/mol. The molecule has 0 saturated heterocycles. The summed E-state index contributed by atoms with van der Waals surface area (Å²) in [7, 11) is 2.01. The van der Waals surface area contributed by atoms with Crippen LogP contribution in [0.25, 0.3) is 0 Å². The number of amides is 1. The van der Waals surface area contributed by atoms with Crippen LogP contribution in [0.2, 0.25) is 0 Å². The van der Waals surface area contributed by atoms with E-state index >= 15 is 0 Å². The highest BCUT2D eigenvalue weighted by molar-refractivity contribution is 14.0. The van der Waals surface area contributed by atoms with Gasteiger partial charge in [-0.25, -0.2) is 0 Å². The van der Waals surface area contributed by atoms with Gasteiger partial charge in [-0.3, -0.25) is 9.79 Å². The Kier molecular flexibility index (Phi) is 11.3. The number of nitrogens with zero attached hydrogens (tertiary/aromatic N) is 2. The molecule has 0 aromatic heterocycles. The van der Waals surface area contributed by atoms with Gasteiger partial charge < -0.3 is 20.3 Å². The Morgan fingerprint density at radius 2 is 2.11 bits per heavy atom. The summed E-state index contributed by atoms with van der Waals surface area (Å²) >= 11 is 0. The van der Waals surface area contributed by atoms with Crippen molar-refractivity contribution in [3.63, 3.8) is 0 Å². The summed E-state index contributed by atoms with van der Waals surface area (Å²) in [6.07, 6.45) is 2.63. The van der Waals surface area contributed by atoms with E-state index in [0.717, 1.165) is 37.1 Å². The van der Waals surface area contributed by atoms with E-state index in [9.17, 15) is 4.79 Å². The molecule has 2 rings (SSSR count). The zero-order valence-corrected chi connectivity index (χ0v) is 19.0. The van der Waals surface area contributed by atoms with E-state index in [1.54, 1.807) is 0 Å². The fourth-order valence-electron chi connectivity index (χ4n) is 2.53. The lowest BCUT2D eigenvalue weighted by atomic mass is 10.1. The number of hydrogen-bond donors (Lipinski definition) is 2. The van der Waals surface area contributed by atoms with Gasteiger partial charge in [0.1, 0.15) is 0 Å². The van der Waals surface area contributed by atoms with Crippen LogP contribution in [0.4, 0.5) is 0 Å². The molecule has 0 spiro atoms. The van der Waals surface area contributed by atoms with E-state index in [0.29, 0.717) is 25.3 Å². The summed E-state index contributed by atoms with van der Waals surface area (Å²) in [5.41, 5.74) is 1.77. The molecule has 1 amide bonds. The van der Waals surface area contributed by atoms with Crippen LogP contribution in [0.1, 0.15) is 35.7 Å². The third-order valence-electron chi connectivity index (χ3n) is 4.26. The summed E-state index contributed by atoms with van der Waals surface area (Å²) in [6.45, 7) is 8.27. The Bertz CT molecular complexity index is 605. The molecular formula is C20H33IN4O2. The van der Waals surface area contributed by atoms with Crippen molar-refractivity contribution in [2.45, 2.75) is 26.7 Å². The second kappa shape index (κ2) is 12.9. The van der Waals surface area contributed by atoms with Gasteiger partial charge in [-0.1, -0.05) is 17.7 Å². The summed E-state index contributed by atoms with van der Waals surface area (Å²) in [5, 5.41) is 6.20. The van der Waals surface area contributed by atoms with E-state index in [2.05, 4.69) is 20.5 Å². The van der Waals surface area contributed by atoms with Crippen molar-refractivity contribution in [3.8, 4) is 0 Å². The molecule has 1 aliphatic carbocycles. The highest BCUT2D eigenvalue weighted by Crippen LogP contribution is 2.28. The van der Waals surface area contributed by atoms with E-state index in [1.807, 2.05) is 45.2 Å². The average Bonchev–Trinajstić information content (AvgIpc) is 3.45. The van der Waals surface area contributed by atoms with Gasteiger partial charge in [-0.05, 0) is 44.7 Å². The summed E-state index contributed by atoms with van der Waals surface area (Å²) in [6, 6.07) is 7.59. The maximum absolute atomic E-state index is 12.1. The van der Waals surface area contributed by atoms with E-state index in [-0.39, 0.29) is 29.9 Å². The number of aliphatic imine (C=N–C) groups is 1. The topological polar surface area (TPSA) is 66.0 Å². The highest BCUT2D eigenvalue weighted by atomic mass is 127. The molecule has 152 valence electrons. The number of nitrogens with one attached hydrogen (secondary N) is 2. The Hall–Kier alpha value is -1.35. The Morgan fingerprint density at radius 1 is 1.33 bits per heavy atom. The van der Waals surface area contributed by atoms with Crippen LogP contribution in [-0.4, -0.2) is 63.2 Å². The number of ether oxygens (including phenoxy) is 1. The maximum atomic E-state index is 12.1. The lowest BCUT2D eigenvalue weighted by Gasteiger charge is -2.22. The molecule has 1 fully saturated rings. The van der Waals surface area contributed by atoms with Gasteiger partial charge in [0, 0.05) is 38.9 Å². The second-order valence-electron chi connectivity index (χ2n) is 6.80. The van der Waals surface area contributed by atoms with Crippen LogP contribution >= 0.6 is 24.0 Å². The van der Waals surface area contributed by atoms with Crippen LogP contribution < -0.4 is 10.6 Å². The first kappa shape index (κ1) is 23.7. The lowest BCUT2D eigenvalue weighted by Crippen LogP contribution is -2.41. The van der Waals surface area contributed by atoms with Gasteiger partial charge in [0.15, 0.2) is 5.96 Å². The number of hydrogen-bond acceptors (Lipinski definition) is 3. The third-order valence-corrected chi connectivity index (χ3v) is 4.26. The summed E-state index contributed by atoms with van der Waals surface area (Å²) < 4.78 is 5.69. The number of aryl methyl sites for hydroxylation is 1. The molecular weight excluding hydrogens is 455 g/mol. The molecule has 0 aliphatic heterocycles. The van der Waals surface area contributed by atoms with E-state index < -0.39 is 0 Å². The quantitative estimate of drug-likeness (QED) is 0.230. The van der Waals surface area contributed by atoms with Crippen LogP contribution in [0.5, 0.6) is 0 Å². The Balaban J connectivity index is 0.00000364. The normalized spacial score (nSPS) is 13.7. The fraction of sp³-hybridized carbons (Fsp3) is 0.600. The molecule has 0 unspecified atom stereocenters. The number of benzene rings is 1. The smallest absolute Gasteiger partial charge is 0.251 e. The van der Waals surface area contributed by atoms with Crippen molar-refractivity contribution < 1.29 is 9.53 Å². The number of carbonyl (C=O) groups excluding carboxylic acids is 1. The first-order valence-corrected chi connectivity index (χ1v) is 9.52. The Labute approximate surface area is 180 Å². The molecule has 27 heavy (non-hydrogen) atoms. The first-order valence-electron chi connectivity index (χ1n) is 9.52. The van der Waals surface area contributed by atoms with Gasteiger partial charge in [0.2, 0.25) is 0 Å². The van der Waals surface area contributed by atoms with Gasteiger partial charge >= 0.3 is 0 Å². The number of likely N-dealkylation sites (N-methyl/N-ethyl adjacent to an activating group) is 1. The van der Waals surface area contributed by atoms with E-state index in [4.69, 9.17) is 4.74 Å². The van der Waals surface area contributed by atoms with Crippen LogP contribution in [0, 0.1) is 12.8 Å². The van der Waals surface area contributed by atoms with Crippen molar-refractivity contribution in [1.29, 1.82) is 0 Å². The molecule has 1 aromatic carbocycles. The lowest BCUT2D eigenvalue weighted by molar-refractivity contribution is 0.0954. The minimum atomic E-state index is -0.0595. The SMILES string of the molecule is CCNC(=NCCNC(=O)c1cccc(C)c1)N(C)CCOCC1CC1.I. The van der Waals surface area contributed by atoms with Gasteiger partial charge in [-0.2, -0.15) is 0 Å². The van der Waals surface area contributed by atoms with E-state index in [1.165, 1.54) is 12.8 Å². The summed E-state index contributed by atoms with van der Waals surface area (Å²) in [4.78, 5) is 18.8. The van der Waals surface area contributed by atoms with Gasteiger partial charge in [0.25, 0.3) is 5.91 Å². The predicted octanol–water partition coefficient (Wildman–Crippen LogP) is 2.67. The van der Waals surface area contributed by atoms with Crippen LogP contribution in [-0.2, 0) is 4.74 Å². The number of carbonyl (C=O) groups is 1. The molecule has 0 bridgehead atoms. The third kappa shape index (κ3) is 9.41. The molecule has 1 saturated carbocycles. The van der Waals surface area contributed by atoms with Crippen molar-refractivity contribution >= 4 is 35.8 Å². The Morgan fingerprint density at radius 3 is 2.78 bits per heavy atom. The largest absolute Gasteiger partial charge is 0.379 e. The van der Waals surface area contributed by atoms with Crippen molar-refractivity contribution in [2.24, 2.45) is 10.9 Å². The molecule has 0 atom stereocenters. The zero-order valence-electron chi connectivity index (χ0n) is 16.7. The second-order valence-corrected chi connectivity index (χ2v) is 6.80. The molecule has 1 aliphatic rings. The minimum Gasteiger partial charge on any atom is -0.379 e. The molecule has 1 aromatic rings. The number of rotatable bonds is 10. The summed E-state index contributed by atoms with van der Waals surface area (Å²) in [5.74, 6) is 1.57. The van der Waals surface area contributed by atoms with Crippen molar-refractivity contribution in [1.82, 2.24) is 15.5 Å². The van der Waals surface area contributed by atoms with Gasteiger partial charge in [-0.15, -0.1) is 24.0 Å². The number of halogens is 1.